The van der Waals surface area contributed by atoms with Gasteiger partial charge < -0.3 is 9.84 Å². The Morgan fingerprint density at radius 1 is 1.56 bits per heavy atom. The standard InChI is InChI=1S/C13H21FO3Si/c1-5-17-11-7-6-10(8-12(15)16)13(14,9-11)18(2,3)4/h6-7,9-10H,5,8H2,1-4H3,(H,15,16). The minimum absolute atomic E-state index is 0.187. The predicted molar refractivity (Wildman–Crippen MR) is 71.8 cm³/mol. The monoisotopic (exact) mass is 272 g/mol. The van der Waals surface area contributed by atoms with Crippen LogP contribution in [0, 0.1) is 5.92 Å². The van der Waals surface area contributed by atoms with E-state index in [0.717, 1.165) is 0 Å². The van der Waals surface area contributed by atoms with Crippen LogP contribution >= 0.6 is 0 Å². The number of halogens is 1. The molecule has 2 atom stereocenters. The first-order valence-electron chi connectivity index (χ1n) is 6.15. The van der Waals surface area contributed by atoms with Crippen LogP contribution in [0.4, 0.5) is 4.39 Å². The van der Waals surface area contributed by atoms with Crippen molar-refractivity contribution in [1.29, 1.82) is 0 Å². The molecule has 5 heteroatoms. The second-order valence-electron chi connectivity index (χ2n) is 5.56. The number of ether oxygens (including phenoxy) is 1. The maximum atomic E-state index is 15.3. The largest absolute Gasteiger partial charge is 0.494 e. The van der Waals surface area contributed by atoms with Gasteiger partial charge in [0.25, 0.3) is 0 Å². The number of carbonyl (C=O) groups is 1. The minimum atomic E-state index is -2.22. The molecule has 18 heavy (non-hydrogen) atoms. The molecule has 0 bridgehead atoms. The first kappa shape index (κ1) is 15.0. The van der Waals surface area contributed by atoms with Crippen molar-refractivity contribution in [2.45, 2.75) is 38.3 Å². The molecular weight excluding hydrogens is 251 g/mol. The van der Waals surface area contributed by atoms with Crippen LogP contribution in [-0.4, -0.2) is 31.0 Å². The molecule has 0 spiro atoms. The summed E-state index contributed by atoms with van der Waals surface area (Å²) < 4.78 is 20.6. The van der Waals surface area contributed by atoms with Crippen molar-refractivity contribution in [1.82, 2.24) is 0 Å². The first-order chi connectivity index (χ1) is 8.20. The normalized spacial score (nSPS) is 27.8. The number of hydrogen-bond donors (Lipinski definition) is 1. The average molecular weight is 272 g/mol. The van der Waals surface area contributed by atoms with Crippen molar-refractivity contribution in [3.63, 3.8) is 0 Å². The van der Waals surface area contributed by atoms with Gasteiger partial charge in [-0.3, -0.25) is 4.79 Å². The van der Waals surface area contributed by atoms with E-state index in [4.69, 9.17) is 9.84 Å². The fourth-order valence-electron chi connectivity index (χ4n) is 2.15. The summed E-state index contributed by atoms with van der Waals surface area (Å²) in [6, 6.07) is 0. The van der Waals surface area contributed by atoms with Crippen LogP contribution < -0.4 is 0 Å². The summed E-state index contributed by atoms with van der Waals surface area (Å²) in [7, 11) is -2.22. The smallest absolute Gasteiger partial charge is 0.304 e. The highest BCUT2D eigenvalue weighted by Gasteiger charge is 2.49. The van der Waals surface area contributed by atoms with E-state index in [1.165, 1.54) is 6.08 Å². The average Bonchev–Trinajstić information content (AvgIpc) is 2.20. The topological polar surface area (TPSA) is 46.5 Å². The van der Waals surface area contributed by atoms with Crippen LogP contribution in [0.2, 0.25) is 19.6 Å². The van der Waals surface area contributed by atoms with E-state index in [-0.39, 0.29) is 6.42 Å². The molecule has 1 rings (SSSR count). The number of allylic oxidation sites excluding steroid dienone is 3. The van der Waals surface area contributed by atoms with Crippen molar-refractivity contribution >= 4 is 14.0 Å². The minimum Gasteiger partial charge on any atom is -0.494 e. The van der Waals surface area contributed by atoms with Crippen LogP contribution in [0.25, 0.3) is 0 Å². The Morgan fingerprint density at radius 2 is 2.17 bits per heavy atom. The lowest BCUT2D eigenvalue weighted by atomic mass is 9.94. The van der Waals surface area contributed by atoms with Gasteiger partial charge in [-0.05, 0) is 19.1 Å². The van der Waals surface area contributed by atoms with E-state index in [9.17, 15) is 4.79 Å². The molecule has 0 aliphatic heterocycles. The fraction of sp³-hybridized carbons (Fsp3) is 0.615. The third kappa shape index (κ3) is 3.01. The van der Waals surface area contributed by atoms with Gasteiger partial charge in [0.1, 0.15) is 11.1 Å². The van der Waals surface area contributed by atoms with Gasteiger partial charge in [0.15, 0.2) is 0 Å². The zero-order chi connectivity index (χ0) is 14.0. The van der Waals surface area contributed by atoms with Gasteiger partial charge in [0, 0.05) is 5.92 Å². The van der Waals surface area contributed by atoms with Gasteiger partial charge in [0.2, 0.25) is 0 Å². The Morgan fingerprint density at radius 3 is 2.61 bits per heavy atom. The third-order valence-corrected chi connectivity index (χ3v) is 6.05. The number of carboxylic acids is 1. The van der Waals surface area contributed by atoms with Crippen molar-refractivity contribution in [2.75, 3.05) is 6.61 Å². The van der Waals surface area contributed by atoms with E-state index >= 15 is 4.39 Å². The van der Waals surface area contributed by atoms with Crippen molar-refractivity contribution in [3.8, 4) is 0 Å². The Bertz CT molecular complexity index is 384. The highest BCUT2D eigenvalue weighted by atomic mass is 28.3. The molecule has 0 aromatic rings. The Kier molecular flexibility index (Phi) is 4.37. The summed E-state index contributed by atoms with van der Waals surface area (Å²) in [5, 5.41) is 7.32. The summed E-state index contributed by atoms with van der Waals surface area (Å²) in [5.41, 5.74) is 0. The van der Waals surface area contributed by atoms with Gasteiger partial charge >= 0.3 is 5.97 Å². The molecule has 0 aromatic heterocycles. The summed E-state index contributed by atoms with van der Waals surface area (Å²) in [6.45, 7) is 8.03. The highest BCUT2D eigenvalue weighted by molar-refractivity contribution is 6.79. The third-order valence-electron chi connectivity index (χ3n) is 3.24. The molecule has 1 N–H and O–H groups in total. The molecule has 0 aromatic carbocycles. The van der Waals surface area contributed by atoms with E-state index in [1.54, 1.807) is 12.2 Å². The van der Waals surface area contributed by atoms with Crippen LogP contribution in [0.15, 0.2) is 24.0 Å². The number of alkyl halides is 1. The lowest BCUT2D eigenvalue weighted by molar-refractivity contribution is -0.138. The van der Waals surface area contributed by atoms with Gasteiger partial charge in [-0.1, -0.05) is 25.7 Å². The Balaban J connectivity index is 3.09. The quantitative estimate of drug-likeness (QED) is 0.782. The maximum Gasteiger partial charge on any atom is 0.304 e. The SMILES string of the molecule is CCOC1=CC(F)([Si](C)(C)C)C(CC(=O)O)C=C1. The molecule has 0 radical (unpaired) electrons. The molecule has 1 aliphatic rings. The van der Waals surface area contributed by atoms with Crippen LogP contribution in [-0.2, 0) is 9.53 Å². The molecule has 0 fully saturated rings. The van der Waals surface area contributed by atoms with Crippen LogP contribution in [0.5, 0.6) is 0 Å². The fourth-order valence-corrected chi connectivity index (χ4v) is 4.03. The zero-order valence-electron chi connectivity index (χ0n) is 11.4. The molecule has 3 nitrogen and oxygen atoms in total. The summed E-state index contributed by atoms with van der Waals surface area (Å²) in [6.07, 6.45) is 4.61. The van der Waals surface area contributed by atoms with E-state index in [1.807, 2.05) is 26.6 Å². The lowest BCUT2D eigenvalue weighted by Gasteiger charge is -2.40. The Hall–Kier alpha value is -1.10. The van der Waals surface area contributed by atoms with Crippen LogP contribution in [0.1, 0.15) is 13.3 Å². The zero-order valence-corrected chi connectivity index (χ0v) is 12.4. The molecular formula is C13H21FO3Si. The Labute approximate surface area is 108 Å². The van der Waals surface area contributed by atoms with Gasteiger partial charge in [-0.25, -0.2) is 4.39 Å². The summed E-state index contributed by atoms with van der Waals surface area (Å²) in [4.78, 5) is 10.9. The number of rotatable bonds is 5. The molecule has 2 unspecified atom stereocenters. The number of hydrogen-bond acceptors (Lipinski definition) is 2. The molecule has 0 saturated heterocycles. The van der Waals surface area contributed by atoms with Crippen LogP contribution in [0.3, 0.4) is 0 Å². The summed E-state index contributed by atoms with van der Waals surface area (Å²) in [5.74, 6) is -1.08. The second-order valence-corrected chi connectivity index (χ2v) is 10.8. The number of carboxylic acid groups (broad SMARTS) is 1. The molecule has 0 heterocycles. The van der Waals surface area contributed by atoms with Crippen molar-refractivity contribution in [2.24, 2.45) is 5.92 Å². The molecule has 0 saturated carbocycles. The summed E-state index contributed by atoms with van der Waals surface area (Å²) >= 11 is 0. The maximum absolute atomic E-state index is 15.3. The second kappa shape index (κ2) is 5.26. The first-order valence-corrected chi connectivity index (χ1v) is 9.65. The number of aliphatic carboxylic acids is 1. The van der Waals surface area contributed by atoms with E-state index in [0.29, 0.717) is 12.4 Å². The molecule has 102 valence electrons. The van der Waals surface area contributed by atoms with Gasteiger partial charge in [0.05, 0.1) is 21.1 Å². The molecule has 0 amide bonds. The van der Waals surface area contributed by atoms with Crippen molar-refractivity contribution < 1.29 is 19.0 Å². The van der Waals surface area contributed by atoms with Crippen molar-refractivity contribution in [3.05, 3.63) is 24.0 Å². The highest BCUT2D eigenvalue weighted by Crippen LogP contribution is 2.40. The van der Waals surface area contributed by atoms with E-state index < -0.39 is 25.3 Å². The molecule has 1 aliphatic carbocycles. The van der Waals surface area contributed by atoms with E-state index in [2.05, 4.69) is 0 Å². The van der Waals surface area contributed by atoms with Gasteiger partial charge in [-0.2, -0.15) is 0 Å². The van der Waals surface area contributed by atoms with Gasteiger partial charge in [-0.15, -0.1) is 0 Å². The lowest BCUT2D eigenvalue weighted by Crippen LogP contribution is -2.53. The predicted octanol–water partition coefficient (Wildman–Crippen LogP) is 3.15.